The summed E-state index contributed by atoms with van der Waals surface area (Å²) in [5.41, 5.74) is 8.38. The summed E-state index contributed by atoms with van der Waals surface area (Å²) in [6, 6.07) is 9.12. The van der Waals surface area contributed by atoms with Crippen LogP contribution in [-0.4, -0.2) is 0 Å². The zero-order chi connectivity index (χ0) is 15.0. The summed E-state index contributed by atoms with van der Waals surface area (Å²) < 4.78 is 2.32. The second-order valence-electron chi connectivity index (χ2n) is 6.71. The molecule has 0 bridgehead atoms. The van der Waals surface area contributed by atoms with Gasteiger partial charge in [0.2, 0.25) is 5.69 Å². The lowest BCUT2D eigenvalue weighted by Gasteiger charge is -2.13. The van der Waals surface area contributed by atoms with Crippen molar-refractivity contribution in [2.24, 2.45) is 7.05 Å². The highest BCUT2D eigenvalue weighted by molar-refractivity contribution is 5.62. The number of pyridine rings is 1. The van der Waals surface area contributed by atoms with Gasteiger partial charge in [0.05, 0.1) is 0 Å². The molecule has 1 aromatic carbocycles. The molecule has 1 saturated carbocycles. The topological polar surface area (TPSA) is 3.88 Å². The molecule has 110 valence electrons. The molecule has 21 heavy (non-hydrogen) atoms. The molecule has 1 aromatic heterocycles. The molecular weight excluding hydrogens is 254 g/mol. The van der Waals surface area contributed by atoms with Gasteiger partial charge in [-0.05, 0) is 56.7 Å². The lowest BCUT2D eigenvalue weighted by Crippen LogP contribution is -2.32. The number of rotatable bonds is 2. The summed E-state index contributed by atoms with van der Waals surface area (Å²) in [4.78, 5) is 0. The van der Waals surface area contributed by atoms with E-state index in [4.69, 9.17) is 0 Å². The standard InChI is InChI=1S/C20H26N/c1-14-9-10-18(15(2)11-14)20-12-16(3)19(13-21(20)4)17-7-5-6-8-17/h9-13,17H,5-8H2,1-4H3/q+1. The van der Waals surface area contributed by atoms with Crippen LogP contribution in [0.5, 0.6) is 0 Å². The first-order chi connectivity index (χ1) is 10.1. The van der Waals surface area contributed by atoms with Crippen molar-refractivity contribution < 1.29 is 4.57 Å². The number of nitrogens with zero attached hydrogens (tertiary/aromatic N) is 1. The molecule has 2 aromatic rings. The number of aromatic nitrogens is 1. The molecule has 0 unspecified atom stereocenters. The van der Waals surface area contributed by atoms with Crippen LogP contribution >= 0.6 is 0 Å². The second-order valence-corrected chi connectivity index (χ2v) is 6.71. The molecular formula is C20H26N+. The van der Waals surface area contributed by atoms with Crippen molar-refractivity contribution in [3.63, 3.8) is 0 Å². The number of hydrogen-bond acceptors (Lipinski definition) is 0. The van der Waals surface area contributed by atoms with E-state index >= 15 is 0 Å². The number of hydrogen-bond donors (Lipinski definition) is 0. The summed E-state index contributed by atoms with van der Waals surface area (Å²) in [6.45, 7) is 6.65. The smallest absolute Gasteiger partial charge is 0.201 e. The van der Waals surface area contributed by atoms with E-state index in [-0.39, 0.29) is 0 Å². The first-order valence-electron chi connectivity index (χ1n) is 8.14. The first kappa shape index (κ1) is 14.3. The van der Waals surface area contributed by atoms with Gasteiger partial charge >= 0.3 is 0 Å². The fraction of sp³-hybridized carbons (Fsp3) is 0.450. The normalized spacial score (nSPS) is 15.6. The summed E-state index contributed by atoms with van der Waals surface area (Å²) in [5, 5.41) is 0. The van der Waals surface area contributed by atoms with Crippen molar-refractivity contribution in [1.82, 2.24) is 0 Å². The van der Waals surface area contributed by atoms with Gasteiger partial charge in [-0.2, -0.15) is 0 Å². The Morgan fingerprint density at radius 1 is 0.952 bits per heavy atom. The largest absolute Gasteiger partial charge is 0.212 e. The van der Waals surface area contributed by atoms with Crippen LogP contribution in [0.4, 0.5) is 0 Å². The van der Waals surface area contributed by atoms with E-state index in [0.717, 1.165) is 5.92 Å². The van der Waals surface area contributed by atoms with Crippen molar-refractivity contribution >= 4 is 0 Å². The van der Waals surface area contributed by atoms with E-state index in [1.807, 2.05) is 0 Å². The molecule has 1 aliphatic carbocycles. The molecule has 0 spiro atoms. The van der Waals surface area contributed by atoms with Crippen LogP contribution in [0.2, 0.25) is 0 Å². The molecule has 0 N–H and O–H groups in total. The Morgan fingerprint density at radius 3 is 2.33 bits per heavy atom. The monoisotopic (exact) mass is 280 g/mol. The minimum Gasteiger partial charge on any atom is -0.201 e. The maximum absolute atomic E-state index is 2.38. The van der Waals surface area contributed by atoms with Gasteiger partial charge in [-0.1, -0.05) is 30.5 Å². The van der Waals surface area contributed by atoms with Crippen LogP contribution in [0.15, 0.2) is 30.5 Å². The van der Waals surface area contributed by atoms with Gasteiger partial charge in [-0.3, -0.25) is 0 Å². The molecule has 3 rings (SSSR count). The van der Waals surface area contributed by atoms with Crippen molar-refractivity contribution in [2.45, 2.75) is 52.4 Å². The maximum Gasteiger partial charge on any atom is 0.212 e. The van der Waals surface area contributed by atoms with Crippen LogP contribution < -0.4 is 4.57 Å². The number of aryl methyl sites for hydroxylation is 4. The van der Waals surface area contributed by atoms with Crippen molar-refractivity contribution in [2.75, 3.05) is 0 Å². The second kappa shape index (κ2) is 5.63. The first-order valence-corrected chi connectivity index (χ1v) is 8.14. The van der Waals surface area contributed by atoms with Gasteiger partial charge in [0, 0.05) is 17.2 Å². The summed E-state index contributed by atoms with van der Waals surface area (Å²) in [7, 11) is 2.19. The lowest BCUT2D eigenvalue weighted by molar-refractivity contribution is -0.661. The highest BCUT2D eigenvalue weighted by atomic mass is 14.9. The Bertz CT molecular complexity index is 664. The lowest BCUT2D eigenvalue weighted by atomic mass is 9.93. The van der Waals surface area contributed by atoms with E-state index in [0.29, 0.717) is 0 Å². The van der Waals surface area contributed by atoms with E-state index < -0.39 is 0 Å². The third kappa shape index (κ3) is 2.74. The molecule has 1 heteroatoms. The minimum atomic E-state index is 0.782. The van der Waals surface area contributed by atoms with Gasteiger partial charge in [-0.25, -0.2) is 4.57 Å². The zero-order valence-corrected chi connectivity index (χ0v) is 13.7. The van der Waals surface area contributed by atoms with E-state index in [1.165, 1.54) is 53.6 Å². The highest BCUT2D eigenvalue weighted by Crippen LogP contribution is 2.36. The maximum atomic E-state index is 2.38. The minimum absolute atomic E-state index is 0.782. The quantitative estimate of drug-likeness (QED) is 0.698. The Morgan fingerprint density at radius 2 is 1.67 bits per heavy atom. The van der Waals surface area contributed by atoms with Gasteiger partial charge in [0.15, 0.2) is 6.20 Å². The third-order valence-electron chi connectivity index (χ3n) is 4.97. The van der Waals surface area contributed by atoms with Crippen molar-refractivity contribution in [3.05, 3.63) is 52.7 Å². The summed E-state index contributed by atoms with van der Waals surface area (Å²) >= 11 is 0. The predicted molar refractivity (Wildman–Crippen MR) is 88.5 cm³/mol. The molecule has 1 aliphatic rings. The highest BCUT2D eigenvalue weighted by Gasteiger charge is 2.23. The molecule has 1 heterocycles. The molecule has 1 nitrogen and oxygen atoms in total. The van der Waals surface area contributed by atoms with Crippen LogP contribution in [0.3, 0.4) is 0 Å². The van der Waals surface area contributed by atoms with Crippen LogP contribution in [0.25, 0.3) is 11.3 Å². The van der Waals surface area contributed by atoms with Crippen molar-refractivity contribution in [3.8, 4) is 11.3 Å². The molecule has 0 radical (unpaired) electrons. The van der Waals surface area contributed by atoms with E-state index in [2.05, 4.69) is 62.8 Å². The molecule has 0 aliphatic heterocycles. The molecule has 0 atom stereocenters. The van der Waals surface area contributed by atoms with Gasteiger partial charge < -0.3 is 0 Å². The fourth-order valence-corrected chi connectivity index (χ4v) is 3.80. The Labute approximate surface area is 128 Å². The van der Waals surface area contributed by atoms with E-state index in [1.54, 1.807) is 5.56 Å². The summed E-state index contributed by atoms with van der Waals surface area (Å²) in [6.07, 6.45) is 7.90. The molecule has 0 saturated heterocycles. The SMILES string of the molecule is Cc1ccc(-c2cc(C)c(C3CCCC3)c[n+]2C)c(C)c1. The molecule has 0 amide bonds. The van der Waals surface area contributed by atoms with Crippen LogP contribution in [0, 0.1) is 20.8 Å². The number of benzene rings is 1. The van der Waals surface area contributed by atoms with Gasteiger partial charge in [-0.15, -0.1) is 0 Å². The Balaban J connectivity index is 2.06. The summed E-state index contributed by atoms with van der Waals surface area (Å²) in [5.74, 6) is 0.782. The fourth-order valence-electron chi connectivity index (χ4n) is 3.80. The van der Waals surface area contributed by atoms with Crippen LogP contribution in [-0.2, 0) is 7.05 Å². The van der Waals surface area contributed by atoms with Crippen LogP contribution in [0.1, 0.15) is 53.9 Å². The van der Waals surface area contributed by atoms with E-state index in [9.17, 15) is 0 Å². The predicted octanol–water partition coefficient (Wildman–Crippen LogP) is 4.76. The zero-order valence-electron chi connectivity index (χ0n) is 13.7. The Kier molecular flexibility index (Phi) is 3.84. The average molecular weight is 280 g/mol. The van der Waals surface area contributed by atoms with Crippen molar-refractivity contribution in [1.29, 1.82) is 0 Å². The average Bonchev–Trinajstić information content (AvgIpc) is 2.95. The van der Waals surface area contributed by atoms with Gasteiger partial charge in [0.1, 0.15) is 7.05 Å². The third-order valence-corrected chi connectivity index (χ3v) is 4.97. The molecule has 1 fully saturated rings. The van der Waals surface area contributed by atoms with Gasteiger partial charge in [0.25, 0.3) is 0 Å². The Hall–Kier alpha value is -1.63.